The zero-order valence-corrected chi connectivity index (χ0v) is 12.6. The molecule has 4 nitrogen and oxygen atoms in total. The van der Waals surface area contributed by atoms with Gasteiger partial charge in [0.05, 0.1) is 23.6 Å². The Morgan fingerprint density at radius 3 is 2.70 bits per heavy atom. The van der Waals surface area contributed by atoms with Gasteiger partial charge in [0.15, 0.2) is 0 Å². The zero-order valence-electron chi connectivity index (χ0n) is 12.6. The highest BCUT2D eigenvalue weighted by Crippen LogP contribution is 2.22. The summed E-state index contributed by atoms with van der Waals surface area (Å²) >= 11 is 0. The average Bonchev–Trinajstić information content (AvgIpc) is 3.02. The van der Waals surface area contributed by atoms with E-state index in [9.17, 15) is 4.79 Å². The molecule has 0 fully saturated rings. The van der Waals surface area contributed by atoms with Gasteiger partial charge in [-0.3, -0.25) is 0 Å². The SMILES string of the molecule is N#CCCn1ccc2cccc(C(=O)OCc3ccccc3)c21. The first-order valence-corrected chi connectivity index (χ1v) is 7.45. The summed E-state index contributed by atoms with van der Waals surface area (Å²) in [4.78, 5) is 12.5. The van der Waals surface area contributed by atoms with Gasteiger partial charge in [-0.2, -0.15) is 5.26 Å². The summed E-state index contributed by atoms with van der Waals surface area (Å²) in [6, 6.07) is 19.2. The van der Waals surface area contributed by atoms with Crippen LogP contribution in [0.3, 0.4) is 0 Å². The number of carbonyl (C=O) groups is 1. The second-order valence-corrected chi connectivity index (χ2v) is 5.22. The molecule has 0 saturated heterocycles. The van der Waals surface area contributed by atoms with E-state index in [1.807, 2.05) is 59.3 Å². The Morgan fingerprint density at radius 1 is 1.09 bits per heavy atom. The van der Waals surface area contributed by atoms with Crippen LogP contribution in [-0.2, 0) is 17.9 Å². The van der Waals surface area contributed by atoms with E-state index < -0.39 is 0 Å². The first-order chi connectivity index (χ1) is 11.3. The second kappa shape index (κ2) is 6.80. The number of ether oxygens (including phenoxy) is 1. The lowest BCUT2D eigenvalue weighted by atomic mass is 10.1. The van der Waals surface area contributed by atoms with E-state index in [1.165, 1.54) is 0 Å². The lowest BCUT2D eigenvalue weighted by Crippen LogP contribution is -2.08. The van der Waals surface area contributed by atoms with E-state index in [1.54, 1.807) is 6.07 Å². The number of hydrogen-bond acceptors (Lipinski definition) is 3. The van der Waals surface area contributed by atoms with Crippen molar-refractivity contribution in [3.05, 3.63) is 71.9 Å². The number of hydrogen-bond donors (Lipinski definition) is 0. The predicted molar refractivity (Wildman–Crippen MR) is 87.7 cm³/mol. The van der Waals surface area contributed by atoms with Crippen LogP contribution >= 0.6 is 0 Å². The van der Waals surface area contributed by atoms with Crippen LogP contribution in [0.1, 0.15) is 22.3 Å². The molecule has 0 saturated carbocycles. The maximum Gasteiger partial charge on any atom is 0.340 e. The fourth-order valence-electron chi connectivity index (χ4n) is 2.58. The molecule has 0 amide bonds. The molecule has 1 aromatic heterocycles. The molecule has 2 aromatic carbocycles. The van der Waals surface area contributed by atoms with Gasteiger partial charge in [-0.1, -0.05) is 42.5 Å². The zero-order chi connectivity index (χ0) is 16.1. The molecule has 0 radical (unpaired) electrons. The normalized spacial score (nSPS) is 10.4. The van der Waals surface area contributed by atoms with E-state index >= 15 is 0 Å². The van der Waals surface area contributed by atoms with Crippen LogP contribution in [0.5, 0.6) is 0 Å². The van der Waals surface area contributed by atoms with Crippen molar-refractivity contribution in [3.8, 4) is 6.07 Å². The van der Waals surface area contributed by atoms with E-state index in [-0.39, 0.29) is 12.6 Å². The summed E-state index contributed by atoms with van der Waals surface area (Å²) in [5.41, 5.74) is 2.30. The number of aryl methyl sites for hydroxylation is 1. The predicted octanol–water partition coefficient (Wildman–Crippen LogP) is 3.91. The van der Waals surface area contributed by atoms with Crippen molar-refractivity contribution >= 4 is 16.9 Å². The summed E-state index contributed by atoms with van der Waals surface area (Å²) in [7, 11) is 0. The van der Waals surface area contributed by atoms with Gasteiger partial charge in [0.2, 0.25) is 0 Å². The van der Waals surface area contributed by atoms with Crippen LogP contribution < -0.4 is 0 Å². The van der Waals surface area contributed by atoms with Crippen molar-refractivity contribution in [3.63, 3.8) is 0 Å². The number of esters is 1. The first kappa shape index (κ1) is 14.9. The molecule has 3 aromatic rings. The molecule has 3 rings (SSSR count). The Bertz CT molecular complexity index is 860. The summed E-state index contributed by atoms with van der Waals surface area (Å²) in [5.74, 6) is -0.351. The number of rotatable bonds is 5. The molecule has 1 heterocycles. The Hall–Kier alpha value is -3.06. The molecule has 0 aliphatic carbocycles. The summed E-state index contributed by atoms with van der Waals surface area (Å²) < 4.78 is 7.36. The minimum absolute atomic E-state index is 0.245. The third kappa shape index (κ3) is 3.24. The standard InChI is InChI=1S/C19H16N2O2/c20-11-5-12-21-13-10-16-8-4-9-17(18(16)21)19(22)23-14-15-6-2-1-3-7-15/h1-4,6-10,13H,5,12,14H2. The van der Waals surface area contributed by atoms with Crippen molar-refractivity contribution in [2.45, 2.75) is 19.6 Å². The highest BCUT2D eigenvalue weighted by Gasteiger charge is 2.14. The van der Waals surface area contributed by atoms with Gasteiger partial charge in [-0.05, 0) is 17.7 Å². The van der Waals surface area contributed by atoms with Gasteiger partial charge < -0.3 is 9.30 Å². The number of aromatic nitrogens is 1. The van der Waals surface area contributed by atoms with Gasteiger partial charge in [0.1, 0.15) is 6.61 Å². The Kier molecular flexibility index (Phi) is 4.39. The highest BCUT2D eigenvalue weighted by atomic mass is 16.5. The molecule has 0 atom stereocenters. The molecular formula is C19H16N2O2. The van der Waals surface area contributed by atoms with Crippen LogP contribution in [0.2, 0.25) is 0 Å². The van der Waals surface area contributed by atoms with E-state index in [4.69, 9.17) is 10.00 Å². The highest BCUT2D eigenvalue weighted by molar-refractivity contribution is 6.03. The Labute approximate surface area is 134 Å². The lowest BCUT2D eigenvalue weighted by molar-refractivity contribution is 0.0474. The van der Waals surface area contributed by atoms with Gasteiger partial charge in [-0.15, -0.1) is 0 Å². The second-order valence-electron chi connectivity index (χ2n) is 5.22. The summed E-state index contributed by atoms with van der Waals surface area (Å²) in [6.45, 7) is 0.804. The number of nitrogens with zero attached hydrogens (tertiary/aromatic N) is 2. The topological polar surface area (TPSA) is 55.0 Å². The lowest BCUT2D eigenvalue weighted by Gasteiger charge is -2.09. The maximum absolute atomic E-state index is 12.5. The van der Waals surface area contributed by atoms with Crippen LogP contribution in [0.25, 0.3) is 10.9 Å². The van der Waals surface area contributed by atoms with Gasteiger partial charge in [-0.25, -0.2) is 4.79 Å². The van der Waals surface area contributed by atoms with Crippen molar-refractivity contribution in [2.24, 2.45) is 0 Å². The molecule has 0 bridgehead atoms. The van der Waals surface area contributed by atoms with Crippen LogP contribution in [0.4, 0.5) is 0 Å². The summed E-state index contributed by atoms with van der Waals surface area (Å²) in [6.07, 6.45) is 2.30. The molecule has 0 aliphatic rings. The van der Waals surface area contributed by atoms with Gasteiger partial charge in [0.25, 0.3) is 0 Å². The number of benzene rings is 2. The van der Waals surface area contributed by atoms with E-state index in [2.05, 4.69) is 6.07 Å². The van der Waals surface area contributed by atoms with Gasteiger partial charge >= 0.3 is 5.97 Å². The summed E-state index contributed by atoms with van der Waals surface area (Å²) in [5, 5.41) is 9.74. The fourth-order valence-corrected chi connectivity index (χ4v) is 2.58. The molecule has 0 N–H and O–H groups in total. The van der Waals surface area contributed by atoms with Crippen LogP contribution in [-0.4, -0.2) is 10.5 Å². The number of nitriles is 1. The van der Waals surface area contributed by atoms with Crippen molar-refractivity contribution < 1.29 is 9.53 Å². The largest absolute Gasteiger partial charge is 0.457 e. The molecule has 0 aliphatic heterocycles. The Balaban J connectivity index is 1.85. The minimum Gasteiger partial charge on any atom is -0.457 e. The molecule has 23 heavy (non-hydrogen) atoms. The maximum atomic E-state index is 12.5. The van der Waals surface area contributed by atoms with Crippen LogP contribution in [0.15, 0.2) is 60.8 Å². The average molecular weight is 304 g/mol. The number of para-hydroxylation sites is 1. The monoisotopic (exact) mass is 304 g/mol. The van der Waals surface area contributed by atoms with E-state index in [0.717, 1.165) is 16.5 Å². The fraction of sp³-hybridized carbons (Fsp3) is 0.158. The molecule has 0 spiro atoms. The van der Waals surface area contributed by atoms with Crippen molar-refractivity contribution in [2.75, 3.05) is 0 Å². The number of fused-ring (bicyclic) bond motifs is 1. The molecule has 4 heteroatoms. The Morgan fingerprint density at radius 2 is 1.91 bits per heavy atom. The molecule has 114 valence electrons. The third-order valence-electron chi connectivity index (χ3n) is 3.69. The molecular weight excluding hydrogens is 288 g/mol. The third-order valence-corrected chi connectivity index (χ3v) is 3.69. The van der Waals surface area contributed by atoms with Gasteiger partial charge in [0, 0.05) is 18.1 Å². The molecule has 0 unspecified atom stereocenters. The van der Waals surface area contributed by atoms with Crippen molar-refractivity contribution in [1.29, 1.82) is 5.26 Å². The first-order valence-electron chi connectivity index (χ1n) is 7.45. The minimum atomic E-state index is -0.351. The quantitative estimate of drug-likeness (QED) is 0.671. The van der Waals surface area contributed by atoms with Crippen LogP contribution in [0, 0.1) is 11.3 Å². The van der Waals surface area contributed by atoms with Crippen molar-refractivity contribution in [1.82, 2.24) is 4.57 Å². The number of carbonyl (C=O) groups excluding carboxylic acids is 1. The van der Waals surface area contributed by atoms with E-state index in [0.29, 0.717) is 18.5 Å². The smallest absolute Gasteiger partial charge is 0.340 e.